The van der Waals surface area contributed by atoms with Crippen LogP contribution in [0.15, 0.2) is 0 Å². The lowest BCUT2D eigenvalue weighted by atomic mass is 9.87. The highest BCUT2D eigenvalue weighted by Crippen LogP contribution is 2.29. The van der Waals surface area contributed by atoms with Crippen molar-refractivity contribution in [3.05, 3.63) is 0 Å². The van der Waals surface area contributed by atoms with Crippen molar-refractivity contribution in [2.45, 2.75) is 221 Å². The first-order valence-electron chi connectivity index (χ1n) is 27.9. The molecule has 0 unspecified atom stereocenters. The highest BCUT2D eigenvalue weighted by Gasteiger charge is 2.31. The van der Waals surface area contributed by atoms with Gasteiger partial charge in [0, 0.05) is 76.5 Å². The molecule has 8 aliphatic rings. The number of nitrogens with zero attached hydrogens (tertiary/aromatic N) is 4. The summed E-state index contributed by atoms with van der Waals surface area (Å²) in [6.45, 7) is 25.9. The van der Waals surface area contributed by atoms with Crippen LogP contribution in [-0.4, -0.2) is 120 Å². The largest absolute Gasteiger partial charge is 0.335 e. The van der Waals surface area contributed by atoms with E-state index in [0.717, 1.165) is 99.7 Å². The van der Waals surface area contributed by atoms with Gasteiger partial charge in [0.2, 0.25) is 0 Å². The summed E-state index contributed by atoms with van der Waals surface area (Å²) in [4.78, 5) is 55.8. The van der Waals surface area contributed by atoms with Gasteiger partial charge in [-0.05, 0) is 156 Å². The number of hydrogen-bond acceptors (Lipinski definition) is 4. The van der Waals surface area contributed by atoms with E-state index in [1.807, 2.05) is 19.6 Å². The van der Waals surface area contributed by atoms with Crippen LogP contribution in [0.5, 0.6) is 0 Å². The highest BCUT2D eigenvalue weighted by atomic mass is 16.2. The van der Waals surface area contributed by atoms with Crippen molar-refractivity contribution in [3.63, 3.8) is 0 Å². The second-order valence-corrected chi connectivity index (χ2v) is 23.3. The maximum atomic E-state index is 12.2. The van der Waals surface area contributed by atoms with Crippen molar-refractivity contribution < 1.29 is 19.2 Å². The number of likely N-dealkylation sites (tertiary alicyclic amines) is 4. The van der Waals surface area contributed by atoms with E-state index in [-0.39, 0.29) is 24.1 Å². The lowest BCUT2D eigenvalue weighted by Crippen LogP contribution is -2.49. The van der Waals surface area contributed by atoms with Gasteiger partial charge in [-0.2, -0.15) is 0 Å². The van der Waals surface area contributed by atoms with E-state index in [0.29, 0.717) is 24.2 Å². The molecule has 8 amide bonds. The molecular weight excluding hydrogens is 825 g/mol. The van der Waals surface area contributed by atoms with E-state index in [1.54, 1.807) is 0 Å². The van der Waals surface area contributed by atoms with Crippen molar-refractivity contribution in [1.29, 1.82) is 0 Å². The van der Waals surface area contributed by atoms with Gasteiger partial charge in [0.15, 0.2) is 0 Å². The third-order valence-corrected chi connectivity index (χ3v) is 17.0. The fourth-order valence-electron chi connectivity index (χ4n) is 11.2. The van der Waals surface area contributed by atoms with Crippen LogP contribution < -0.4 is 21.3 Å². The minimum absolute atomic E-state index is 0.166. The number of carbonyl (C=O) groups excluding carboxylic acids is 4. The van der Waals surface area contributed by atoms with Crippen molar-refractivity contribution in [2.24, 2.45) is 47.3 Å². The third-order valence-electron chi connectivity index (χ3n) is 17.0. The molecule has 4 heterocycles. The Morgan fingerprint density at radius 3 is 0.667 bits per heavy atom. The van der Waals surface area contributed by atoms with Crippen molar-refractivity contribution in [1.82, 2.24) is 40.9 Å². The molecule has 380 valence electrons. The topological polar surface area (TPSA) is 129 Å². The van der Waals surface area contributed by atoms with Crippen LogP contribution in [0.2, 0.25) is 0 Å². The van der Waals surface area contributed by atoms with Crippen molar-refractivity contribution in [2.75, 3.05) is 52.4 Å². The van der Waals surface area contributed by atoms with Gasteiger partial charge in [0.05, 0.1) is 0 Å². The summed E-state index contributed by atoms with van der Waals surface area (Å²) in [5, 5.41) is 12.6. The molecule has 0 aromatic heterocycles. The molecule has 0 spiro atoms. The Bertz CT molecular complexity index is 1410. The quantitative estimate of drug-likeness (QED) is 0.193. The first-order valence-corrected chi connectivity index (χ1v) is 27.9. The summed E-state index contributed by atoms with van der Waals surface area (Å²) in [5.41, 5.74) is 0. The minimum atomic E-state index is 0.166. The SMILES string of the molecule is CC(C)C1CCN(C(=O)NC2CC2)CC1.CC(C)C1CCN(C(=O)NC2CCC2)CC1.CC(C)C1CCN(C(=O)NC2CCCC2)CC1.CC(C)C1CCN(C(=O)NC2CCCCC2)CC1. The lowest BCUT2D eigenvalue weighted by Gasteiger charge is -2.36. The summed E-state index contributed by atoms with van der Waals surface area (Å²) in [7, 11) is 0. The number of hydrogen-bond donors (Lipinski definition) is 4. The summed E-state index contributed by atoms with van der Waals surface area (Å²) in [5.74, 6) is 6.29. The second-order valence-electron chi connectivity index (χ2n) is 23.3. The molecule has 4 saturated carbocycles. The Hall–Kier alpha value is -2.92. The molecule has 4 aliphatic carbocycles. The van der Waals surface area contributed by atoms with E-state index in [9.17, 15) is 19.2 Å². The maximum absolute atomic E-state index is 12.2. The Morgan fingerprint density at radius 2 is 0.485 bits per heavy atom. The molecular formula is C54H100N8O4. The first-order chi connectivity index (χ1) is 31.7. The van der Waals surface area contributed by atoms with Gasteiger partial charge in [-0.25, -0.2) is 19.2 Å². The molecule has 8 fully saturated rings. The van der Waals surface area contributed by atoms with Gasteiger partial charge in [0.25, 0.3) is 0 Å². The number of carbonyl (C=O) groups is 4. The van der Waals surface area contributed by atoms with Crippen LogP contribution in [0.25, 0.3) is 0 Å². The molecule has 12 heteroatoms. The predicted octanol–water partition coefficient (Wildman–Crippen LogP) is 11.2. The minimum Gasteiger partial charge on any atom is -0.335 e. The van der Waals surface area contributed by atoms with Crippen molar-refractivity contribution in [3.8, 4) is 0 Å². The zero-order chi connectivity index (χ0) is 47.6. The molecule has 4 N–H and O–H groups in total. The molecule has 0 radical (unpaired) electrons. The molecule has 0 aromatic rings. The third kappa shape index (κ3) is 18.5. The molecule has 4 aliphatic heterocycles. The predicted molar refractivity (Wildman–Crippen MR) is 270 cm³/mol. The Kier molecular flexibility index (Phi) is 22.9. The van der Waals surface area contributed by atoms with Gasteiger partial charge in [-0.15, -0.1) is 0 Å². The van der Waals surface area contributed by atoms with Gasteiger partial charge in [-0.3, -0.25) is 0 Å². The van der Waals surface area contributed by atoms with Crippen LogP contribution in [0.4, 0.5) is 19.2 Å². The van der Waals surface area contributed by atoms with E-state index in [2.05, 4.69) is 76.7 Å². The normalized spacial score (nSPS) is 23.3. The molecule has 8 rings (SSSR count). The van der Waals surface area contributed by atoms with Crippen LogP contribution in [-0.2, 0) is 0 Å². The molecule has 0 atom stereocenters. The molecule has 66 heavy (non-hydrogen) atoms. The van der Waals surface area contributed by atoms with Crippen LogP contribution in [0, 0.1) is 47.3 Å². The first kappa shape index (κ1) is 54.0. The summed E-state index contributed by atoms with van der Waals surface area (Å²) in [6, 6.07) is 2.55. The van der Waals surface area contributed by atoms with Gasteiger partial charge in [-0.1, -0.05) is 87.5 Å². The van der Waals surface area contributed by atoms with Crippen LogP contribution >= 0.6 is 0 Å². The van der Waals surface area contributed by atoms with E-state index < -0.39 is 0 Å². The Balaban J connectivity index is 0.000000165. The number of nitrogens with one attached hydrogen (secondary N) is 4. The standard InChI is InChI=1S/C15H28N2O.C14H26N2O.C13H24N2O.C12H22N2O/c1-12(2)13-8-10-17(11-9-13)15(18)16-14-6-4-3-5-7-14;1-11(2)12-7-9-16(10-8-12)14(17)15-13-5-3-4-6-13;1-10(2)11-6-8-15(9-7-11)13(16)14-12-4-3-5-12;1-9(2)10-5-7-14(8-6-10)12(15)13-11-3-4-11/h12-14H,3-11H2,1-2H3,(H,16,18);11-13H,3-10H2,1-2H3,(H,15,17);10-12H,3-9H2,1-2H3,(H,14,16);9-11H,3-8H2,1-2H3,(H,13,15). The zero-order valence-electron chi connectivity index (χ0n) is 43.6. The van der Waals surface area contributed by atoms with Gasteiger partial charge < -0.3 is 40.9 Å². The summed E-state index contributed by atoms with van der Waals surface area (Å²) >= 11 is 0. The van der Waals surface area contributed by atoms with Crippen LogP contribution in [0.3, 0.4) is 0 Å². The average Bonchev–Trinajstić information content (AvgIpc) is 3.98. The van der Waals surface area contributed by atoms with E-state index in [1.165, 1.54) is 141 Å². The number of amides is 8. The highest BCUT2D eigenvalue weighted by molar-refractivity contribution is 5.76. The Labute approximate surface area is 403 Å². The fraction of sp³-hybridized carbons (Fsp3) is 0.926. The second kappa shape index (κ2) is 27.9. The smallest absolute Gasteiger partial charge is 0.317 e. The summed E-state index contributed by atoms with van der Waals surface area (Å²) in [6.07, 6.45) is 26.5. The number of rotatable bonds is 8. The maximum Gasteiger partial charge on any atom is 0.317 e. The summed E-state index contributed by atoms with van der Waals surface area (Å²) < 4.78 is 0. The monoisotopic (exact) mass is 925 g/mol. The van der Waals surface area contributed by atoms with E-state index >= 15 is 0 Å². The lowest BCUT2D eigenvalue weighted by molar-refractivity contribution is 0.149. The molecule has 0 aromatic carbocycles. The number of urea groups is 4. The van der Waals surface area contributed by atoms with Crippen LogP contribution in [0.1, 0.15) is 197 Å². The van der Waals surface area contributed by atoms with Crippen molar-refractivity contribution >= 4 is 24.1 Å². The van der Waals surface area contributed by atoms with E-state index in [4.69, 9.17) is 0 Å². The number of piperidine rings is 4. The Morgan fingerprint density at radius 1 is 0.288 bits per heavy atom. The average molecular weight is 925 g/mol. The molecule has 4 saturated heterocycles. The molecule has 12 nitrogen and oxygen atoms in total. The fourth-order valence-corrected chi connectivity index (χ4v) is 11.2. The van der Waals surface area contributed by atoms with Gasteiger partial charge in [0.1, 0.15) is 0 Å². The van der Waals surface area contributed by atoms with Gasteiger partial charge >= 0.3 is 24.1 Å². The zero-order valence-corrected chi connectivity index (χ0v) is 43.6. The molecule has 0 bridgehead atoms.